The third-order valence-electron chi connectivity index (χ3n) is 12.5. The second kappa shape index (κ2) is 33.1. The maximum atomic E-state index is 12.8. The number of esters is 2. The molecule has 12 heteroatoms. The average molecular weight is 923 g/mol. The number of furan rings is 2. The van der Waals surface area contributed by atoms with Crippen LogP contribution in [-0.4, -0.2) is 74.9 Å². The molecule has 0 spiro atoms. The van der Waals surface area contributed by atoms with Crippen LogP contribution in [0.15, 0.2) is 8.83 Å². The highest BCUT2D eigenvalue weighted by molar-refractivity contribution is 7.47. The molecular formula is C52H93NO10P+. The first-order chi connectivity index (χ1) is 30.6. The lowest BCUT2D eigenvalue weighted by atomic mass is 10.0. The molecule has 64 heavy (non-hydrogen) atoms. The number of hydrogen-bond donors (Lipinski definition) is 1. The number of rotatable bonds is 40. The van der Waals surface area contributed by atoms with E-state index in [1.165, 1.54) is 111 Å². The van der Waals surface area contributed by atoms with Gasteiger partial charge >= 0.3 is 19.8 Å². The number of carbonyl (C=O) groups excluding carboxylic acids is 2. The predicted molar refractivity (Wildman–Crippen MR) is 259 cm³/mol. The van der Waals surface area contributed by atoms with E-state index in [0.29, 0.717) is 17.4 Å². The summed E-state index contributed by atoms with van der Waals surface area (Å²) in [5.74, 6) is 3.82. The molecule has 2 unspecified atom stereocenters. The molecule has 0 radical (unpaired) electrons. The summed E-state index contributed by atoms with van der Waals surface area (Å²) in [4.78, 5) is 35.7. The van der Waals surface area contributed by atoms with Crippen LogP contribution >= 0.6 is 7.82 Å². The fraction of sp³-hybridized carbons (Fsp3) is 0.808. The van der Waals surface area contributed by atoms with Gasteiger partial charge in [0.25, 0.3) is 0 Å². The number of hydrogen-bond acceptors (Lipinski definition) is 9. The van der Waals surface area contributed by atoms with Crippen molar-refractivity contribution in [3.63, 3.8) is 0 Å². The van der Waals surface area contributed by atoms with Crippen LogP contribution in [0.1, 0.15) is 213 Å². The van der Waals surface area contributed by atoms with Gasteiger partial charge in [0.1, 0.15) is 42.8 Å². The van der Waals surface area contributed by atoms with Gasteiger partial charge in [-0.25, -0.2) is 4.57 Å². The van der Waals surface area contributed by atoms with Gasteiger partial charge in [0.15, 0.2) is 6.10 Å². The van der Waals surface area contributed by atoms with Crippen molar-refractivity contribution in [3.05, 3.63) is 45.3 Å². The molecule has 11 nitrogen and oxygen atoms in total. The molecular weight excluding hydrogens is 830 g/mol. The van der Waals surface area contributed by atoms with Crippen LogP contribution in [0.3, 0.4) is 0 Å². The Balaban J connectivity index is 1.63. The molecule has 2 aromatic rings. The number of quaternary nitrogens is 1. The predicted octanol–water partition coefficient (Wildman–Crippen LogP) is 13.7. The summed E-state index contributed by atoms with van der Waals surface area (Å²) in [7, 11) is 1.44. The van der Waals surface area contributed by atoms with Crippen molar-refractivity contribution in [1.29, 1.82) is 0 Å². The third kappa shape index (κ3) is 26.0. The molecule has 0 fully saturated rings. The van der Waals surface area contributed by atoms with E-state index in [4.69, 9.17) is 27.4 Å². The normalized spacial score (nSPS) is 13.3. The molecule has 0 aliphatic carbocycles. The van der Waals surface area contributed by atoms with Gasteiger partial charge < -0.3 is 27.7 Å². The minimum atomic E-state index is -4.40. The second-order valence-corrected chi connectivity index (χ2v) is 20.8. The van der Waals surface area contributed by atoms with Gasteiger partial charge in [0, 0.05) is 38.5 Å². The molecule has 0 saturated carbocycles. The Hall–Kier alpha value is -2.43. The van der Waals surface area contributed by atoms with E-state index in [-0.39, 0.29) is 32.0 Å². The molecule has 0 aliphatic rings. The van der Waals surface area contributed by atoms with Gasteiger partial charge in [0.05, 0.1) is 27.7 Å². The van der Waals surface area contributed by atoms with Crippen LogP contribution in [-0.2, 0) is 58.4 Å². The Labute approximate surface area is 389 Å². The van der Waals surface area contributed by atoms with Crippen LogP contribution in [0.25, 0.3) is 0 Å². The van der Waals surface area contributed by atoms with E-state index < -0.39 is 26.5 Å². The third-order valence-corrected chi connectivity index (χ3v) is 13.5. The highest BCUT2D eigenvalue weighted by Crippen LogP contribution is 2.43. The molecule has 0 saturated heterocycles. The lowest BCUT2D eigenvalue weighted by molar-refractivity contribution is -0.870. The van der Waals surface area contributed by atoms with Crippen LogP contribution < -0.4 is 0 Å². The standard InChI is InChI=1S/C52H92NO10P/c1-10-12-26-32-47-42(3)44(5)49(62-47)34-28-22-18-16-14-15-17-19-24-30-36-51(54)58-40-46(41-60-64(56,57)59-39-38-53(7,8)9)61-52(55)37-31-25-21-20-23-29-35-50-45(6)43(4)48(63-50)33-27-13-11-2/h46H,10-41H2,1-9H3/p+1. The zero-order chi connectivity index (χ0) is 47.2. The van der Waals surface area contributed by atoms with Crippen molar-refractivity contribution >= 4 is 19.8 Å². The number of unbranched alkanes of at least 4 members (excludes halogenated alkanes) is 18. The molecule has 370 valence electrons. The SMILES string of the molecule is CCCCCc1oc(CCCCCCCCCCCCC(=O)OCC(COP(=O)(O)OCC[N+](C)(C)C)OC(=O)CCCCCCCCc2oc(CCCCC)c(C)c2C)c(C)c1C. The van der Waals surface area contributed by atoms with E-state index in [0.717, 1.165) is 95.0 Å². The van der Waals surface area contributed by atoms with E-state index >= 15 is 0 Å². The summed E-state index contributed by atoms with van der Waals surface area (Å²) in [6.45, 7) is 13.1. The number of phosphoric acid groups is 1. The number of phosphoric ester groups is 1. The van der Waals surface area contributed by atoms with Gasteiger partial charge in [-0.15, -0.1) is 0 Å². The number of ether oxygens (including phenoxy) is 2. The summed E-state index contributed by atoms with van der Waals surface area (Å²) < 4.78 is 47.0. The Morgan fingerprint density at radius 3 is 1.28 bits per heavy atom. The Morgan fingerprint density at radius 2 is 0.891 bits per heavy atom. The van der Waals surface area contributed by atoms with E-state index in [1.54, 1.807) is 0 Å². The monoisotopic (exact) mass is 923 g/mol. The van der Waals surface area contributed by atoms with E-state index in [2.05, 4.69) is 41.5 Å². The quantitative estimate of drug-likeness (QED) is 0.0298. The summed E-state index contributed by atoms with van der Waals surface area (Å²) in [5.41, 5.74) is 5.30. The molecule has 2 atom stereocenters. The maximum Gasteiger partial charge on any atom is 0.472 e. The Bertz CT molecular complexity index is 1610. The van der Waals surface area contributed by atoms with Crippen LogP contribution in [0, 0.1) is 27.7 Å². The lowest BCUT2D eigenvalue weighted by Gasteiger charge is -2.24. The van der Waals surface area contributed by atoms with Crippen molar-refractivity contribution in [1.82, 2.24) is 0 Å². The molecule has 2 heterocycles. The first-order valence-corrected chi connectivity index (χ1v) is 27.0. The highest BCUT2D eigenvalue weighted by Gasteiger charge is 2.27. The second-order valence-electron chi connectivity index (χ2n) is 19.4. The van der Waals surface area contributed by atoms with Gasteiger partial charge in [-0.3, -0.25) is 18.6 Å². The summed E-state index contributed by atoms with van der Waals surface area (Å²) in [6.07, 6.45) is 27.9. The van der Waals surface area contributed by atoms with E-state index in [1.807, 2.05) is 21.1 Å². The average Bonchev–Trinajstić information content (AvgIpc) is 3.67. The van der Waals surface area contributed by atoms with Gasteiger partial charge in [-0.1, -0.05) is 117 Å². The number of nitrogens with zero attached hydrogens (tertiary/aromatic N) is 1. The Morgan fingerprint density at radius 1 is 0.531 bits per heavy atom. The smallest absolute Gasteiger partial charge is 0.466 e. The van der Waals surface area contributed by atoms with Crippen LogP contribution in [0.4, 0.5) is 0 Å². The molecule has 2 aromatic heterocycles. The van der Waals surface area contributed by atoms with Gasteiger partial charge in [-0.2, -0.15) is 0 Å². The zero-order valence-corrected chi connectivity index (χ0v) is 43.1. The minimum Gasteiger partial charge on any atom is -0.466 e. The molecule has 1 N–H and O–H groups in total. The molecule has 0 aromatic carbocycles. The van der Waals surface area contributed by atoms with Crippen molar-refractivity contribution in [2.24, 2.45) is 0 Å². The van der Waals surface area contributed by atoms with Crippen LogP contribution in [0.2, 0.25) is 0 Å². The van der Waals surface area contributed by atoms with Crippen molar-refractivity contribution in [2.75, 3.05) is 47.5 Å². The minimum absolute atomic E-state index is 0.0194. The summed E-state index contributed by atoms with van der Waals surface area (Å²) in [6, 6.07) is 0. The fourth-order valence-corrected chi connectivity index (χ4v) is 8.70. The van der Waals surface area contributed by atoms with E-state index in [9.17, 15) is 19.0 Å². The highest BCUT2D eigenvalue weighted by atomic mass is 31.2. The van der Waals surface area contributed by atoms with Crippen molar-refractivity contribution in [3.8, 4) is 0 Å². The van der Waals surface area contributed by atoms with Crippen LogP contribution in [0.5, 0.6) is 0 Å². The summed E-state index contributed by atoms with van der Waals surface area (Å²) in [5, 5.41) is 0. The molecule has 0 bridgehead atoms. The molecule has 0 amide bonds. The molecule has 2 rings (SSSR count). The lowest BCUT2D eigenvalue weighted by Crippen LogP contribution is -2.37. The summed E-state index contributed by atoms with van der Waals surface area (Å²) >= 11 is 0. The topological polar surface area (TPSA) is 135 Å². The van der Waals surface area contributed by atoms with Crippen molar-refractivity contribution < 1.29 is 50.9 Å². The maximum absolute atomic E-state index is 12.8. The molecule has 0 aliphatic heterocycles. The number of carbonyl (C=O) groups is 2. The van der Waals surface area contributed by atoms with Gasteiger partial charge in [0.2, 0.25) is 0 Å². The number of aryl methyl sites for hydroxylation is 4. The first-order valence-electron chi connectivity index (χ1n) is 25.5. The Kier molecular flexibility index (Phi) is 29.8. The zero-order valence-electron chi connectivity index (χ0n) is 42.2. The van der Waals surface area contributed by atoms with Crippen molar-refractivity contribution in [2.45, 2.75) is 227 Å². The largest absolute Gasteiger partial charge is 0.472 e. The fourth-order valence-electron chi connectivity index (χ4n) is 7.96. The first kappa shape index (κ1) is 57.7. The van der Waals surface area contributed by atoms with Gasteiger partial charge in [-0.05, 0) is 88.5 Å². The number of likely N-dealkylation sites (N-methyl/N-ethyl adjacent to an activating group) is 1.